The molecule has 34 heavy (non-hydrogen) atoms. The van der Waals surface area contributed by atoms with Crippen molar-refractivity contribution in [3.63, 3.8) is 0 Å². The molecule has 2 aromatic rings. The Kier molecular flexibility index (Phi) is 7.92. The minimum absolute atomic E-state index is 0.112. The van der Waals surface area contributed by atoms with E-state index < -0.39 is 22.8 Å². The maximum Gasteiger partial charge on any atom is 0.337 e. The van der Waals surface area contributed by atoms with Gasteiger partial charge in [0, 0.05) is 35.9 Å². The molecule has 0 aliphatic carbocycles. The van der Waals surface area contributed by atoms with Gasteiger partial charge in [0.1, 0.15) is 0 Å². The molecule has 1 aromatic heterocycles. The lowest BCUT2D eigenvalue weighted by Crippen LogP contribution is -2.33. The van der Waals surface area contributed by atoms with Gasteiger partial charge >= 0.3 is 11.9 Å². The van der Waals surface area contributed by atoms with E-state index in [4.69, 9.17) is 9.47 Å². The van der Waals surface area contributed by atoms with E-state index in [1.54, 1.807) is 57.4 Å². The summed E-state index contributed by atoms with van der Waals surface area (Å²) in [7, 11) is 0. The smallest absolute Gasteiger partial charge is 0.337 e. The molecule has 1 aliphatic rings. The minimum atomic E-state index is -0.937. The van der Waals surface area contributed by atoms with Crippen molar-refractivity contribution in [2.24, 2.45) is 0 Å². The molecule has 1 N–H and O–H groups in total. The number of non-ortho nitro benzene ring substituents is 1. The minimum Gasteiger partial charge on any atom is -0.463 e. The lowest BCUT2D eigenvalue weighted by atomic mass is 9.80. The number of hydrogen-bond donors (Lipinski definition) is 1. The summed E-state index contributed by atoms with van der Waals surface area (Å²) >= 11 is 0. The third-order valence-corrected chi connectivity index (χ3v) is 5.13. The van der Waals surface area contributed by atoms with Crippen LogP contribution in [0.5, 0.6) is 0 Å². The summed E-state index contributed by atoms with van der Waals surface area (Å²) in [5, 5.41) is 14.5. The fourth-order valence-corrected chi connectivity index (χ4v) is 3.71. The summed E-state index contributed by atoms with van der Waals surface area (Å²) in [6.45, 7) is 5.28. The van der Waals surface area contributed by atoms with Crippen LogP contribution in [0.4, 0.5) is 5.69 Å². The second-order valence-electron chi connectivity index (χ2n) is 7.34. The van der Waals surface area contributed by atoms with Crippen LogP contribution in [0, 0.1) is 10.1 Å². The zero-order valence-corrected chi connectivity index (χ0v) is 19.1. The fraction of sp³-hybridized carbons (Fsp3) is 0.240. The molecule has 1 unspecified atom stereocenters. The molecule has 0 radical (unpaired) electrons. The Bertz CT molecular complexity index is 1180. The van der Waals surface area contributed by atoms with Crippen LogP contribution >= 0.6 is 0 Å². The first-order chi connectivity index (χ1) is 16.4. The number of carbonyl (C=O) groups is 2. The van der Waals surface area contributed by atoms with Gasteiger partial charge in [0.15, 0.2) is 0 Å². The Labute approximate surface area is 196 Å². The monoisotopic (exact) mass is 463 g/mol. The number of esters is 2. The van der Waals surface area contributed by atoms with E-state index in [0.29, 0.717) is 17.0 Å². The summed E-state index contributed by atoms with van der Waals surface area (Å²) in [5.41, 5.74) is 2.24. The van der Waals surface area contributed by atoms with Gasteiger partial charge in [-0.2, -0.15) is 0 Å². The molecule has 0 fully saturated rings. The number of nitro groups is 1. The lowest BCUT2D eigenvalue weighted by Gasteiger charge is -2.30. The second kappa shape index (κ2) is 11.0. The van der Waals surface area contributed by atoms with E-state index in [1.165, 1.54) is 18.2 Å². The average molecular weight is 463 g/mol. The number of pyridine rings is 1. The van der Waals surface area contributed by atoms with Crippen molar-refractivity contribution < 1.29 is 24.0 Å². The molecule has 3 rings (SSSR count). The first-order valence-corrected chi connectivity index (χ1v) is 10.8. The van der Waals surface area contributed by atoms with E-state index in [0.717, 1.165) is 5.56 Å². The van der Waals surface area contributed by atoms with Gasteiger partial charge in [-0.3, -0.25) is 15.1 Å². The Balaban J connectivity index is 2.24. The number of carbonyl (C=O) groups excluding carboxylic acids is 2. The molecule has 0 spiro atoms. The Morgan fingerprint density at radius 1 is 1.09 bits per heavy atom. The van der Waals surface area contributed by atoms with E-state index in [-0.39, 0.29) is 30.0 Å². The molecule has 9 nitrogen and oxygen atoms in total. The molecule has 0 bridgehead atoms. The molecule has 2 heterocycles. The zero-order chi connectivity index (χ0) is 24.7. The zero-order valence-electron chi connectivity index (χ0n) is 19.1. The first kappa shape index (κ1) is 24.4. The predicted octanol–water partition coefficient (Wildman–Crippen LogP) is 4.04. The molecule has 176 valence electrons. The number of hydrogen-bond acceptors (Lipinski definition) is 8. The molecular weight excluding hydrogens is 438 g/mol. The van der Waals surface area contributed by atoms with E-state index in [9.17, 15) is 19.7 Å². The fourth-order valence-electron chi connectivity index (χ4n) is 3.71. The van der Waals surface area contributed by atoms with Crippen molar-refractivity contribution in [3.05, 3.63) is 98.6 Å². The highest BCUT2D eigenvalue weighted by molar-refractivity contribution is 6.00. The van der Waals surface area contributed by atoms with Gasteiger partial charge in [-0.05, 0) is 44.0 Å². The van der Waals surface area contributed by atoms with Gasteiger partial charge in [0.25, 0.3) is 5.69 Å². The third kappa shape index (κ3) is 5.37. The first-order valence-electron chi connectivity index (χ1n) is 10.8. The van der Waals surface area contributed by atoms with Gasteiger partial charge in [-0.15, -0.1) is 0 Å². The number of nitro benzene ring substituents is 1. The largest absolute Gasteiger partial charge is 0.463 e. The number of allylic oxidation sites excluding steroid dienone is 2. The molecule has 9 heteroatoms. The van der Waals surface area contributed by atoms with Crippen molar-refractivity contribution in [1.82, 2.24) is 10.3 Å². The summed E-state index contributed by atoms with van der Waals surface area (Å²) in [6.07, 6.45) is 6.77. The summed E-state index contributed by atoms with van der Waals surface area (Å²) in [5.74, 6) is -2.21. The van der Waals surface area contributed by atoms with Gasteiger partial charge < -0.3 is 14.8 Å². The predicted molar refractivity (Wildman–Crippen MR) is 125 cm³/mol. The van der Waals surface area contributed by atoms with Gasteiger partial charge in [0.05, 0.1) is 35.2 Å². The van der Waals surface area contributed by atoms with Crippen molar-refractivity contribution in [2.45, 2.75) is 26.7 Å². The number of aromatic nitrogens is 1. The summed E-state index contributed by atoms with van der Waals surface area (Å²) in [6, 6.07) is 9.48. The molecule has 0 amide bonds. The molecule has 1 aromatic carbocycles. The Hall–Kier alpha value is -4.27. The number of ether oxygens (including phenoxy) is 2. The Morgan fingerprint density at radius 3 is 2.41 bits per heavy atom. The highest BCUT2D eigenvalue weighted by atomic mass is 16.6. The lowest BCUT2D eigenvalue weighted by molar-refractivity contribution is -0.384. The van der Waals surface area contributed by atoms with Crippen molar-refractivity contribution in [1.29, 1.82) is 0 Å². The van der Waals surface area contributed by atoms with Crippen LogP contribution in [0.15, 0.2) is 77.4 Å². The molecule has 0 saturated carbocycles. The number of rotatable bonds is 8. The van der Waals surface area contributed by atoms with E-state index in [1.807, 2.05) is 6.07 Å². The highest BCUT2D eigenvalue weighted by Crippen LogP contribution is 2.40. The van der Waals surface area contributed by atoms with Crippen LogP contribution in [-0.2, 0) is 19.1 Å². The van der Waals surface area contributed by atoms with Gasteiger partial charge in [-0.25, -0.2) is 9.59 Å². The maximum atomic E-state index is 13.2. The third-order valence-electron chi connectivity index (χ3n) is 5.13. The molecule has 0 saturated heterocycles. The SMILES string of the molecule is CCOC(=O)C1=C(C)NC(C=Cc2cccnc2)=C(C(=O)OCC)C1c1cccc([N+](=O)[O-])c1. The number of nitrogens with zero attached hydrogens (tertiary/aromatic N) is 2. The van der Waals surface area contributed by atoms with E-state index in [2.05, 4.69) is 10.3 Å². The van der Waals surface area contributed by atoms with Gasteiger partial charge in [-0.1, -0.05) is 24.3 Å². The quantitative estimate of drug-likeness (QED) is 0.354. The maximum absolute atomic E-state index is 13.2. The van der Waals surface area contributed by atoms with Crippen LogP contribution in [0.1, 0.15) is 37.8 Å². The Morgan fingerprint density at radius 2 is 1.79 bits per heavy atom. The number of nitrogens with one attached hydrogen (secondary N) is 1. The topological polar surface area (TPSA) is 121 Å². The molecular formula is C25H25N3O6. The van der Waals surface area contributed by atoms with Crippen LogP contribution in [0.2, 0.25) is 0 Å². The normalized spacial score (nSPS) is 15.8. The molecule has 1 aliphatic heterocycles. The van der Waals surface area contributed by atoms with Crippen molar-refractivity contribution in [2.75, 3.05) is 13.2 Å². The van der Waals surface area contributed by atoms with Crippen LogP contribution in [-0.4, -0.2) is 35.1 Å². The number of dihydropyridines is 1. The standard InChI is InChI=1S/C25H25N3O6/c1-4-33-24(29)21-16(3)27-20(12-11-17-8-7-13-26-15-17)23(25(30)34-5-2)22(21)18-9-6-10-19(14-18)28(31)32/h6-15,22,27H,4-5H2,1-3H3. The summed E-state index contributed by atoms with van der Waals surface area (Å²) < 4.78 is 10.6. The van der Waals surface area contributed by atoms with E-state index >= 15 is 0 Å². The van der Waals surface area contributed by atoms with Crippen LogP contribution in [0.25, 0.3) is 6.08 Å². The summed E-state index contributed by atoms with van der Waals surface area (Å²) in [4.78, 5) is 41.1. The van der Waals surface area contributed by atoms with Gasteiger partial charge in [0.2, 0.25) is 0 Å². The molecule has 1 atom stereocenters. The number of benzene rings is 1. The van der Waals surface area contributed by atoms with Crippen LogP contribution < -0.4 is 5.32 Å². The second-order valence-corrected chi connectivity index (χ2v) is 7.34. The highest BCUT2D eigenvalue weighted by Gasteiger charge is 2.39. The van der Waals surface area contributed by atoms with Crippen molar-refractivity contribution in [3.8, 4) is 0 Å². The van der Waals surface area contributed by atoms with Crippen molar-refractivity contribution >= 4 is 23.7 Å². The van der Waals surface area contributed by atoms with Crippen LogP contribution in [0.3, 0.4) is 0 Å². The average Bonchev–Trinajstić information content (AvgIpc) is 2.83.